The summed E-state index contributed by atoms with van der Waals surface area (Å²) in [6.45, 7) is 4.46. The highest BCUT2D eigenvalue weighted by Crippen LogP contribution is 2.28. The Morgan fingerprint density at radius 3 is 2.73 bits per heavy atom. The molecular weight excluding hydrogens is 441 g/mol. The quantitative estimate of drug-likeness (QED) is 0.448. The van der Waals surface area contributed by atoms with E-state index in [2.05, 4.69) is 35.8 Å². The van der Waals surface area contributed by atoms with Crippen molar-refractivity contribution in [2.24, 2.45) is 0 Å². The first kappa shape index (κ1) is 24.0. The maximum Gasteiger partial charge on any atom is 0.254 e. The molecule has 4 aromatic rings. The molecule has 170 valence electrons. The lowest BCUT2D eigenvalue weighted by atomic mass is 9.96. The molecule has 0 spiro atoms. The molecule has 0 aliphatic carbocycles. The number of hydrogen-bond acceptors (Lipinski definition) is 7. The van der Waals surface area contributed by atoms with Crippen LogP contribution < -0.4 is 10.6 Å². The summed E-state index contributed by atoms with van der Waals surface area (Å²) >= 11 is 0. The number of benzene rings is 1. The summed E-state index contributed by atoms with van der Waals surface area (Å²) in [5.74, 6) is -0.444. The van der Waals surface area contributed by atoms with E-state index in [1.54, 1.807) is 12.3 Å². The van der Waals surface area contributed by atoms with Gasteiger partial charge in [0.1, 0.15) is 12.1 Å². The number of aryl methyl sites for hydroxylation is 1. The van der Waals surface area contributed by atoms with Gasteiger partial charge >= 0.3 is 0 Å². The Hall–Kier alpha value is -3.66. The minimum atomic E-state index is -0.644. The molecule has 1 amide bonds. The number of hydrogen-bond donors (Lipinski definition) is 2. The molecule has 3 heterocycles. The Kier molecular flexibility index (Phi) is 7.49. The van der Waals surface area contributed by atoms with Crippen LogP contribution in [0.25, 0.3) is 22.2 Å². The average Bonchev–Trinajstić information content (AvgIpc) is 2.81. The Bertz CT molecular complexity index is 1300. The number of pyridine rings is 1. The maximum atomic E-state index is 14.3. The van der Waals surface area contributed by atoms with E-state index >= 15 is 0 Å². The molecule has 1 aromatic carbocycles. The third kappa shape index (κ3) is 5.06. The zero-order valence-electron chi connectivity index (χ0n) is 18.4. The van der Waals surface area contributed by atoms with Crippen molar-refractivity contribution >= 4 is 36.1 Å². The largest absolute Gasteiger partial charge is 0.369 e. The van der Waals surface area contributed by atoms with Gasteiger partial charge in [0.15, 0.2) is 5.82 Å². The summed E-state index contributed by atoms with van der Waals surface area (Å²) in [6.07, 6.45) is 4.25. The Morgan fingerprint density at radius 1 is 1.15 bits per heavy atom. The molecule has 0 aliphatic rings. The lowest BCUT2D eigenvalue weighted by molar-refractivity contribution is 0.0960. The molecule has 0 saturated carbocycles. The Balaban J connectivity index is 0.00000306. The van der Waals surface area contributed by atoms with Crippen molar-refractivity contribution < 1.29 is 9.18 Å². The number of carbonyl (C=O) groups is 1. The van der Waals surface area contributed by atoms with Crippen molar-refractivity contribution in [3.63, 3.8) is 0 Å². The van der Waals surface area contributed by atoms with Gasteiger partial charge in [0, 0.05) is 36.5 Å². The first-order chi connectivity index (χ1) is 15.5. The van der Waals surface area contributed by atoms with E-state index in [-0.39, 0.29) is 25.0 Å². The van der Waals surface area contributed by atoms with E-state index in [0.29, 0.717) is 23.3 Å². The van der Waals surface area contributed by atoms with Gasteiger partial charge in [-0.1, -0.05) is 25.1 Å². The number of carbonyl (C=O) groups excluding carboxylic acids is 1. The van der Waals surface area contributed by atoms with Gasteiger partial charge in [0.25, 0.3) is 5.91 Å². The van der Waals surface area contributed by atoms with Crippen LogP contribution in [0.2, 0.25) is 0 Å². The molecular formula is C23H24FN7OS. The smallest absolute Gasteiger partial charge is 0.254 e. The summed E-state index contributed by atoms with van der Waals surface area (Å²) in [4.78, 5) is 25.1. The molecule has 33 heavy (non-hydrogen) atoms. The SMILES string of the molecule is CNC(=O)c1c(F)cnc2c([C@H](C)CNc3cc(-c4cnnc(C)c4)ncn3)cccc12.S. The van der Waals surface area contributed by atoms with Crippen molar-refractivity contribution in [1.29, 1.82) is 0 Å². The molecule has 2 N–H and O–H groups in total. The molecule has 0 radical (unpaired) electrons. The fourth-order valence-corrected chi connectivity index (χ4v) is 3.57. The molecule has 4 rings (SSSR count). The fourth-order valence-electron chi connectivity index (χ4n) is 3.57. The zero-order valence-corrected chi connectivity index (χ0v) is 19.4. The standard InChI is InChI=1S/C23H22FN7O.H2S/c1-13(9-26-20-8-19(28-12-29-20)15-7-14(2)31-30-10-15)16-5-4-6-17-21(23(32)25-3)18(24)11-27-22(16)17;/h4-8,10-13H,9H2,1-3H3,(H,25,32)(H,26,28,29);1H2/t13-;/m1./s1. The first-order valence-electron chi connectivity index (χ1n) is 10.1. The monoisotopic (exact) mass is 465 g/mol. The topological polar surface area (TPSA) is 106 Å². The van der Waals surface area contributed by atoms with Gasteiger partial charge in [-0.2, -0.15) is 23.7 Å². The van der Waals surface area contributed by atoms with E-state index in [4.69, 9.17) is 0 Å². The number of fused-ring (bicyclic) bond motifs is 1. The van der Waals surface area contributed by atoms with Crippen LogP contribution in [0.15, 0.2) is 49.1 Å². The number of rotatable bonds is 6. The summed E-state index contributed by atoms with van der Waals surface area (Å²) in [5.41, 5.74) is 3.91. The van der Waals surface area contributed by atoms with Gasteiger partial charge in [-0.05, 0) is 18.6 Å². The van der Waals surface area contributed by atoms with Gasteiger partial charge in [-0.25, -0.2) is 14.4 Å². The number of nitrogens with one attached hydrogen (secondary N) is 2. The number of para-hydroxylation sites is 1. The van der Waals surface area contributed by atoms with E-state index in [1.165, 1.54) is 13.4 Å². The van der Waals surface area contributed by atoms with Gasteiger partial charge in [-0.15, -0.1) is 0 Å². The maximum absolute atomic E-state index is 14.3. The van der Waals surface area contributed by atoms with Crippen molar-refractivity contribution in [2.75, 3.05) is 18.9 Å². The van der Waals surface area contributed by atoms with Crippen LogP contribution in [-0.2, 0) is 0 Å². The minimum absolute atomic E-state index is 0. The van der Waals surface area contributed by atoms with Crippen molar-refractivity contribution in [2.45, 2.75) is 19.8 Å². The fraction of sp³-hybridized carbons (Fsp3) is 0.217. The molecule has 3 aromatic heterocycles. The normalized spacial score (nSPS) is 11.5. The second kappa shape index (κ2) is 10.3. The van der Waals surface area contributed by atoms with Gasteiger partial charge in [-0.3, -0.25) is 9.78 Å². The first-order valence-corrected chi connectivity index (χ1v) is 10.1. The third-order valence-electron chi connectivity index (χ3n) is 5.20. The summed E-state index contributed by atoms with van der Waals surface area (Å²) < 4.78 is 14.3. The highest BCUT2D eigenvalue weighted by molar-refractivity contribution is 7.59. The number of aromatic nitrogens is 5. The van der Waals surface area contributed by atoms with Gasteiger partial charge in [0.2, 0.25) is 0 Å². The van der Waals surface area contributed by atoms with Gasteiger partial charge < -0.3 is 10.6 Å². The third-order valence-corrected chi connectivity index (χ3v) is 5.20. The number of anilines is 1. The molecule has 0 aliphatic heterocycles. The van der Waals surface area contributed by atoms with Crippen LogP contribution in [0.3, 0.4) is 0 Å². The van der Waals surface area contributed by atoms with Crippen molar-refractivity contribution in [1.82, 2.24) is 30.5 Å². The summed E-state index contributed by atoms with van der Waals surface area (Å²) in [5, 5.41) is 14.2. The summed E-state index contributed by atoms with van der Waals surface area (Å²) in [7, 11) is 1.48. The lowest BCUT2D eigenvalue weighted by Gasteiger charge is -2.17. The predicted octanol–water partition coefficient (Wildman–Crippen LogP) is 3.62. The molecule has 1 atom stereocenters. The van der Waals surface area contributed by atoms with Crippen LogP contribution in [0.5, 0.6) is 0 Å². The lowest BCUT2D eigenvalue weighted by Crippen LogP contribution is -2.20. The minimum Gasteiger partial charge on any atom is -0.369 e. The number of nitrogens with zero attached hydrogens (tertiary/aromatic N) is 5. The van der Waals surface area contributed by atoms with Crippen LogP contribution in [-0.4, -0.2) is 44.6 Å². The molecule has 0 unspecified atom stereocenters. The van der Waals surface area contributed by atoms with Gasteiger partial charge in [0.05, 0.1) is 34.9 Å². The number of halogens is 1. The van der Waals surface area contributed by atoms with Crippen molar-refractivity contribution in [3.8, 4) is 11.3 Å². The van der Waals surface area contributed by atoms with E-state index in [1.807, 2.05) is 38.1 Å². The zero-order chi connectivity index (χ0) is 22.7. The Labute approximate surface area is 197 Å². The van der Waals surface area contributed by atoms with Crippen LogP contribution in [0, 0.1) is 12.7 Å². The summed E-state index contributed by atoms with van der Waals surface area (Å²) in [6, 6.07) is 9.21. The van der Waals surface area contributed by atoms with E-state index in [9.17, 15) is 9.18 Å². The predicted molar refractivity (Wildman–Crippen MR) is 130 cm³/mol. The molecule has 0 fully saturated rings. The molecule has 0 bridgehead atoms. The Morgan fingerprint density at radius 2 is 1.97 bits per heavy atom. The highest BCUT2D eigenvalue weighted by Gasteiger charge is 2.19. The molecule has 8 nitrogen and oxygen atoms in total. The van der Waals surface area contributed by atoms with Crippen LogP contribution in [0.1, 0.15) is 34.5 Å². The molecule has 10 heteroatoms. The van der Waals surface area contributed by atoms with Crippen molar-refractivity contribution in [3.05, 3.63) is 71.7 Å². The van der Waals surface area contributed by atoms with Crippen LogP contribution >= 0.6 is 13.5 Å². The van der Waals surface area contributed by atoms with Crippen LogP contribution in [0.4, 0.5) is 10.2 Å². The average molecular weight is 466 g/mol. The number of amides is 1. The second-order valence-corrected chi connectivity index (χ2v) is 7.46. The second-order valence-electron chi connectivity index (χ2n) is 7.46. The van der Waals surface area contributed by atoms with E-state index < -0.39 is 11.7 Å². The van der Waals surface area contributed by atoms with E-state index in [0.717, 1.165) is 28.7 Å². The highest BCUT2D eigenvalue weighted by atomic mass is 32.1. The molecule has 0 saturated heterocycles.